The molecule has 0 spiro atoms. The van der Waals surface area contributed by atoms with Crippen LogP contribution in [-0.2, 0) is 15.8 Å². The van der Waals surface area contributed by atoms with Gasteiger partial charge in [0.2, 0.25) is 0 Å². The van der Waals surface area contributed by atoms with Gasteiger partial charge in [-0.1, -0.05) is 26.0 Å². The summed E-state index contributed by atoms with van der Waals surface area (Å²) in [5, 5.41) is 10.0. The number of aromatic hydroxyl groups is 1. The van der Waals surface area contributed by atoms with Crippen molar-refractivity contribution in [3.05, 3.63) is 58.1 Å². The standard InChI is InChI=1S/C22H29O6P/c1-13(2)18-11-16(7-8-20(18)23)12-19-14(3)9-17(10-15(19)4)28-22(5,6)21(24)29(25,26)27/h7-11,13,23H,12H2,1-6H3,(H2,25,26,27). The number of phenolic OH excluding ortho intramolecular Hbond substituents is 1. The second-order valence-electron chi connectivity index (χ2n) is 8.22. The Balaban J connectivity index is 2.32. The van der Waals surface area contributed by atoms with Crippen molar-refractivity contribution in [2.75, 3.05) is 0 Å². The molecule has 2 aromatic carbocycles. The van der Waals surface area contributed by atoms with Crippen molar-refractivity contribution >= 4 is 13.1 Å². The molecule has 6 nitrogen and oxygen atoms in total. The first kappa shape index (κ1) is 23.1. The summed E-state index contributed by atoms with van der Waals surface area (Å²) in [6, 6.07) is 9.14. The second-order valence-corrected chi connectivity index (χ2v) is 9.72. The molecular formula is C22H29O6P. The van der Waals surface area contributed by atoms with Gasteiger partial charge in [-0.2, -0.15) is 0 Å². The van der Waals surface area contributed by atoms with Crippen LogP contribution in [0.4, 0.5) is 0 Å². The predicted octanol–water partition coefficient (Wildman–Crippen LogP) is 4.58. The summed E-state index contributed by atoms with van der Waals surface area (Å²) in [7, 11) is -4.90. The molecule has 3 N–H and O–H groups in total. The van der Waals surface area contributed by atoms with Crippen LogP contribution < -0.4 is 4.74 Å². The minimum absolute atomic E-state index is 0.210. The molecule has 0 unspecified atom stereocenters. The summed E-state index contributed by atoms with van der Waals surface area (Å²) >= 11 is 0. The van der Waals surface area contributed by atoms with Crippen molar-refractivity contribution in [1.29, 1.82) is 0 Å². The van der Waals surface area contributed by atoms with E-state index in [1.165, 1.54) is 13.8 Å². The minimum Gasteiger partial charge on any atom is -0.508 e. The lowest BCUT2D eigenvalue weighted by Gasteiger charge is -2.26. The number of phenols is 1. The molecule has 0 aliphatic rings. The monoisotopic (exact) mass is 420 g/mol. The van der Waals surface area contributed by atoms with Crippen LogP contribution >= 0.6 is 7.60 Å². The predicted molar refractivity (Wildman–Crippen MR) is 113 cm³/mol. The zero-order valence-electron chi connectivity index (χ0n) is 17.7. The van der Waals surface area contributed by atoms with Crippen LogP contribution in [0.3, 0.4) is 0 Å². The van der Waals surface area contributed by atoms with E-state index in [2.05, 4.69) is 0 Å². The molecule has 0 saturated carbocycles. The van der Waals surface area contributed by atoms with Gasteiger partial charge in [0.15, 0.2) is 5.60 Å². The van der Waals surface area contributed by atoms with Crippen molar-refractivity contribution in [2.45, 2.75) is 59.5 Å². The Hall–Kier alpha value is -2.14. The van der Waals surface area contributed by atoms with Gasteiger partial charge in [0.25, 0.3) is 5.52 Å². The minimum atomic E-state index is -4.90. The van der Waals surface area contributed by atoms with Crippen molar-refractivity contribution in [2.24, 2.45) is 0 Å². The Morgan fingerprint density at radius 3 is 2.14 bits per heavy atom. The maximum Gasteiger partial charge on any atom is 0.395 e. The smallest absolute Gasteiger partial charge is 0.395 e. The average Bonchev–Trinajstić information content (AvgIpc) is 2.57. The third-order valence-corrected chi connectivity index (χ3v) is 5.98. The van der Waals surface area contributed by atoms with Gasteiger partial charge in [0.1, 0.15) is 11.5 Å². The highest BCUT2D eigenvalue weighted by Gasteiger charge is 2.42. The third-order valence-electron chi connectivity index (χ3n) is 4.92. The number of carbonyl (C=O) groups excluding carboxylic acids is 1. The van der Waals surface area contributed by atoms with E-state index in [0.29, 0.717) is 12.2 Å². The second kappa shape index (κ2) is 8.31. The number of benzene rings is 2. The van der Waals surface area contributed by atoms with Gasteiger partial charge in [-0.15, -0.1) is 0 Å². The van der Waals surface area contributed by atoms with Crippen LogP contribution in [0.25, 0.3) is 0 Å². The zero-order chi connectivity index (χ0) is 22.1. The largest absolute Gasteiger partial charge is 0.508 e. The van der Waals surface area contributed by atoms with E-state index in [1.807, 2.05) is 39.8 Å². The van der Waals surface area contributed by atoms with E-state index in [0.717, 1.165) is 27.8 Å². The molecule has 7 heteroatoms. The molecule has 2 rings (SSSR count). The first-order chi connectivity index (χ1) is 13.2. The third kappa shape index (κ3) is 5.47. The van der Waals surface area contributed by atoms with Gasteiger partial charge in [0.05, 0.1) is 0 Å². The molecule has 0 radical (unpaired) electrons. The Morgan fingerprint density at radius 1 is 1.10 bits per heavy atom. The first-order valence-corrected chi connectivity index (χ1v) is 11.0. The summed E-state index contributed by atoms with van der Waals surface area (Å²) in [6.07, 6.45) is 0.669. The topological polar surface area (TPSA) is 104 Å². The summed E-state index contributed by atoms with van der Waals surface area (Å²) in [5.41, 5.74) is 2.05. The molecule has 0 bridgehead atoms. The van der Waals surface area contributed by atoms with Crippen LogP contribution in [0.2, 0.25) is 0 Å². The molecule has 0 aromatic heterocycles. The summed E-state index contributed by atoms with van der Waals surface area (Å²) in [6.45, 7) is 10.6. The molecule has 2 aromatic rings. The highest BCUT2D eigenvalue weighted by molar-refractivity contribution is 7.70. The zero-order valence-corrected chi connectivity index (χ0v) is 18.6. The van der Waals surface area contributed by atoms with Gasteiger partial charge in [-0.3, -0.25) is 9.36 Å². The normalized spacial score (nSPS) is 12.3. The van der Waals surface area contributed by atoms with Crippen molar-refractivity contribution in [3.8, 4) is 11.5 Å². The highest BCUT2D eigenvalue weighted by Crippen LogP contribution is 2.42. The molecule has 0 aliphatic carbocycles. The molecule has 29 heavy (non-hydrogen) atoms. The fourth-order valence-corrected chi connectivity index (χ4v) is 4.11. The Morgan fingerprint density at radius 2 is 1.66 bits per heavy atom. The molecule has 0 heterocycles. The van der Waals surface area contributed by atoms with Gasteiger partial charge in [0, 0.05) is 0 Å². The van der Waals surface area contributed by atoms with Crippen molar-refractivity contribution < 1.29 is 29.0 Å². The van der Waals surface area contributed by atoms with E-state index in [4.69, 9.17) is 14.5 Å². The SMILES string of the molecule is Cc1cc(OC(C)(C)C(=O)P(=O)(O)O)cc(C)c1Cc1ccc(O)c(C(C)C)c1. The van der Waals surface area contributed by atoms with Crippen LogP contribution in [-0.4, -0.2) is 26.0 Å². The van der Waals surface area contributed by atoms with Gasteiger partial charge in [-0.25, -0.2) is 0 Å². The maximum atomic E-state index is 12.0. The van der Waals surface area contributed by atoms with Gasteiger partial charge >= 0.3 is 7.60 Å². The molecule has 0 fully saturated rings. The maximum absolute atomic E-state index is 12.0. The van der Waals surface area contributed by atoms with Crippen LogP contribution in [0.5, 0.6) is 11.5 Å². The lowest BCUT2D eigenvalue weighted by molar-refractivity contribution is -0.125. The van der Waals surface area contributed by atoms with E-state index >= 15 is 0 Å². The van der Waals surface area contributed by atoms with Crippen molar-refractivity contribution in [3.63, 3.8) is 0 Å². The summed E-state index contributed by atoms with van der Waals surface area (Å²) in [5.74, 6) is 0.878. The fraction of sp³-hybridized carbons (Fsp3) is 0.409. The number of hydrogen-bond donors (Lipinski definition) is 3. The van der Waals surface area contributed by atoms with E-state index < -0.39 is 18.7 Å². The molecule has 158 valence electrons. The highest BCUT2D eigenvalue weighted by atomic mass is 31.2. The van der Waals surface area contributed by atoms with E-state index in [1.54, 1.807) is 18.2 Å². The Labute approximate surface area is 171 Å². The van der Waals surface area contributed by atoms with E-state index in [9.17, 15) is 14.5 Å². The number of hydrogen-bond acceptors (Lipinski definition) is 4. The number of rotatable bonds is 7. The van der Waals surface area contributed by atoms with Crippen LogP contribution in [0.1, 0.15) is 61.4 Å². The molecule has 0 aliphatic heterocycles. The molecular weight excluding hydrogens is 391 g/mol. The number of aryl methyl sites for hydroxylation is 2. The summed E-state index contributed by atoms with van der Waals surface area (Å²) in [4.78, 5) is 30.3. The quantitative estimate of drug-likeness (QED) is 0.566. The van der Waals surface area contributed by atoms with Gasteiger partial charge < -0.3 is 19.6 Å². The summed E-state index contributed by atoms with van der Waals surface area (Å²) < 4.78 is 17.0. The van der Waals surface area contributed by atoms with Gasteiger partial charge in [-0.05, 0) is 86.1 Å². The molecule has 0 atom stereocenters. The van der Waals surface area contributed by atoms with E-state index in [-0.39, 0.29) is 11.7 Å². The molecule has 0 saturated heterocycles. The number of carbonyl (C=O) groups is 1. The first-order valence-electron chi connectivity index (χ1n) is 9.44. The van der Waals surface area contributed by atoms with Crippen molar-refractivity contribution in [1.82, 2.24) is 0 Å². The average molecular weight is 420 g/mol. The fourth-order valence-electron chi connectivity index (χ4n) is 3.36. The lowest BCUT2D eigenvalue weighted by atomic mass is 9.93. The number of ether oxygens (including phenoxy) is 1. The Bertz CT molecular complexity index is 948. The van der Waals surface area contributed by atoms with Crippen LogP contribution in [0, 0.1) is 13.8 Å². The molecule has 0 amide bonds. The van der Waals surface area contributed by atoms with Crippen LogP contribution in [0.15, 0.2) is 30.3 Å². The Kier molecular flexibility index (Phi) is 6.63. The lowest BCUT2D eigenvalue weighted by Crippen LogP contribution is -2.38.